The first-order valence-electron chi connectivity index (χ1n) is 10.1. The van der Waals surface area contributed by atoms with Gasteiger partial charge < -0.3 is 26.6 Å². The number of aromatic nitrogens is 3. The first-order valence-corrected chi connectivity index (χ1v) is 10.5. The Labute approximate surface area is 190 Å². The van der Waals surface area contributed by atoms with Crippen LogP contribution >= 0.6 is 11.6 Å². The van der Waals surface area contributed by atoms with Gasteiger partial charge in [-0.25, -0.2) is 0 Å². The Hall–Kier alpha value is -3.47. The summed E-state index contributed by atoms with van der Waals surface area (Å²) in [6.07, 6.45) is 0.737. The van der Waals surface area contributed by atoms with Crippen molar-refractivity contribution < 1.29 is 14.4 Å². The third kappa shape index (κ3) is 6.51. The number of anilines is 2. The number of benzene rings is 1. The van der Waals surface area contributed by atoms with E-state index >= 15 is 0 Å². The molecular weight excluding hydrogens is 436 g/mol. The van der Waals surface area contributed by atoms with Crippen molar-refractivity contribution in [2.75, 3.05) is 30.3 Å². The van der Waals surface area contributed by atoms with Gasteiger partial charge in [0.2, 0.25) is 34.9 Å². The minimum absolute atomic E-state index is 0.0304. The number of halogens is 1. The number of fused-ring (bicyclic) bond motifs is 2. The minimum Gasteiger partial charge on any atom is -0.368 e. The lowest BCUT2D eigenvalue weighted by Crippen LogP contribution is -2.54. The molecule has 32 heavy (non-hydrogen) atoms. The smallest absolute Gasteiger partial charge is 0.245 e. The molecule has 2 bridgehead atoms. The molecule has 1 aliphatic heterocycles. The lowest BCUT2D eigenvalue weighted by molar-refractivity contribution is -0.139. The highest BCUT2D eigenvalue weighted by Gasteiger charge is 2.29. The molecule has 12 heteroatoms. The van der Waals surface area contributed by atoms with Gasteiger partial charge in [-0.3, -0.25) is 14.4 Å². The summed E-state index contributed by atoms with van der Waals surface area (Å²) in [4.78, 5) is 51.4. The Kier molecular flexibility index (Phi) is 7.77. The largest absolute Gasteiger partial charge is 0.368 e. The van der Waals surface area contributed by atoms with Crippen LogP contribution in [0.15, 0.2) is 30.3 Å². The molecule has 0 saturated heterocycles. The molecule has 2 aromatic rings. The van der Waals surface area contributed by atoms with Gasteiger partial charge in [-0.05, 0) is 30.5 Å². The van der Waals surface area contributed by atoms with E-state index in [0.29, 0.717) is 13.0 Å². The number of hydrogen-bond acceptors (Lipinski definition) is 8. The maximum absolute atomic E-state index is 13.3. The highest BCUT2D eigenvalue weighted by Crippen LogP contribution is 2.12. The average molecular weight is 461 g/mol. The van der Waals surface area contributed by atoms with Gasteiger partial charge in [0.25, 0.3) is 0 Å². The predicted octanol–water partition coefficient (Wildman–Crippen LogP) is 0.182. The fourth-order valence-electron chi connectivity index (χ4n) is 3.25. The zero-order valence-electron chi connectivity index (χ0n) is 17.5. The summed E-state index contributed by atoms with van der Waals surface area (Å²) < 4.78 is 0. The monoisotopic (exact) mass is 460 g/mol. The lowest BCUT2D eigenvalue weighted by Gasteiger charge is -2.28. The Bertz CT molecular complexity index is 975. The van der Waals surface area contributed by atoms with Crippen LogP contribution in [0.1, 0.15) is 18.9 Å². The molecule has 0 saturated carbocycles. The fourth-order valence-corrected chi connectivity index (χ4v) is 3.41. The Morgan fingerprint density at radius 1 is 1.16 bits per heavy atom. The minimum atomic E-state index is -0.887. The second-order valence-corrected chi connectivity index (χ2v) is 7.71. The number of nitrogens with two attached hydrogens (primary N) is 1. The van der Waals surface area contributed by atoms with E-state index in [1.807, 2.05) is 30.3 Å². The van der Waals surface area contributed by atoms with Crippen molar-refractivity contribution in [3.63, 3.8) is 0 Å². The van der Waals surface area contributed by atoms with Crippen molar-refractivity contribution in [3.05, 3.63) is 41.2 Å². The number of amides is 3. The molecule has 2 atom stereocenters. The first kappa shape index (κ1) is 23.2. The number of carbonyl (C=O) groups excluding carboxylic acids is 3. The molecule has 0 unspecified atom stereocenters. The number of nitrogens with zero attached hydrogens (tertiary/aromatic N) is 4. The van der Waals surface area contributed by atoms with E-state index in [4.69, 9.17) is 17.3 Å². The van der Waals surface area contributed by atoms with Gasteiger partial charge in [0.1, 0.15) is 12.1 Å². The third-order valence-electron chi connectivity index (χ3n) is 4.79. The third-order valence-corrected chi connectivity index (χ3v) is 4.96. The molecule has 3 rings (SSSR count). The summed E-state index contributed by atoms with van der Waals surface area (Å²) in [6, 6.07) is 7.63. The summed E-state index contributed by atoms with van der Waals surface area (Å²) in [5.74, 6) is -1.11. The van der Waals surface area contributed by atoms with E-state index in [-0.39, 0.29) is 42.6 Å². The molecule has 3 amide bonds. The molecule has 5 N–H and O–H groups in total. The van der Waals surface area contributed by atoms with Gasteiger partial charge >= 0.3 is 0 Å². The number of rotatable bonds is 4. The lowest BCUT2D eigenvalue weighted by atomic mass is 10.0. The summed E-state index contributed by atoms with van der Waals surface area (Å²) in [5.41, 5.74) is 6.23. The van der Waals surface area contributed by atoms with Crippen LogP contribution in [-0.2, 0) is 20.8 Å². The summed E-state index contributed by atoms with van der Waals surface area (Å²) in [7, 11) is 0. The molecule has 2 heterocycles. The zero-order valence-corrected chi connectivity index (χ0v) is 18.3. The van der Waals surface area contributed by atoms with Crippen LogP contribution in [0.4, 0.5) is 11.9 Å². The molecular formula is C20H25ClN8O3. The predicted molar refractivity (Wildman–Crippen MR) is 119 cm³/mol. The number of primary amides is 1. The van der Waals surface area contributed by atoms with Gasteiger partial charge in [-0.15, -0.1) is 0 Å². The second kappa shape index (κ2) is 10.7. The van der Waals surface area contributed by atoms with Crippen LogP contribution in [-0.4, -0.2) is 69.3 Å². The highest BCUT2D eigenvalue weighted by molar-refractivity contribution is 6.28. The summed E-state index contributed by atoms with van der Waals surface area (Å²) in [6.45, 7) is 2.01. The van der Waals surface area contributed by atoms with E-state index in [9.17, 15) is 14.4 Å². The summed E-state index contributed by atoms with van der Waals surface area (Å²) in [5, 5.41) is 8.62. The van der Waals surface area contributed by atoms with E-state index in [0.717, 1.165) is 5.56 Å². The van der Waals surface area contributed by atoms with Gasteiger partial charge in [0.15, 0.2) is 0 Å². The Balaban J connectivity index is 1.90. The molecule has 1 aromatic heterocycles. The zero-order chi connectivity index (χ0) is 23.1. The van der Waals surface area contributed by atoms with Crippen LogP contribution in [0.3, 0.4) is 0 Å². The van der Waals surface area contributed by atoms with Gasteiger partial charge in [-0.2, -0.15) is 15.0 Å². The second-order valence-electron chi connectivity index (χ2n) is 7.38. The molecule has 0 aliphatic carbocycles. The van der Waals surface area contributed by atoms with Crippen molar-refractivity contribution in [3.8, 4) is 0 Å². The van der Waals surface area contributed by atoms with Gasteiger partial charge in [0.05, 0.1) is 6.54 Å². The van der Waals surface area contributed by atoms with Crippen molar-refractivity contribution in [2.45, 2.75) is 31.8 Å². The van der Waals surface area contributed by atoms with Crippen LogP contribution in [0.25, 0.3) is 0 Å². The van der Waals surface area contributed by atoms with E-state index in [1.54, 1.807) is 6.92 Å². The number of hydrogen-bond donors (Lipinski definition) is 4. The molecule has 1 aromatic carbocycles. The maximum atomic E-state index is 13.3. The van der Waals surface area contributed by atoms with Crippen molar-refractivity contribution in [1.82, 2.24) is 25.2 Å². The Morgan fingerprint density at radius 2 is 1.88 bits per heavy atom. The average Bonchev–Trinajstić information content (AvgIpc) is 2.74. The molecule has 170 valence electrons. The van der Waals surface area contributed by atoms with Crippen molar-refractivity contribution in [2.24, 2.45) is 5.73 Å². The van der Waals surface area contributed by atoms with Crippen molar-refractivity contribution in [1.29, 1.82) is 0 Å². The molecule has 0 fully saturated rings. The van der Waals surface area contributed by atoms with E-state index in [1.165, 1.54) is 4.90 Å². The van der Waals surface area contributed by atoms with Gasteiger partial charge in [-0.1, -0.05) is 30.3 Å². The number of nitrogens with one attached hydrogen (secondary N) is 3. The Morgan fingerprint density at radius 3 is 2.59 bits per heavy atom. The fraction of sp³-hybridized carbons (Fsp3) is 0.400. The number of carbonyl (C=O) groups is 3. The van der Waals surface area contributed by atoms with E-state index in [2.05, 4.69) is 30.9 Å². The molecule has 11 nitrogen and oxygen atoms in total. The highest BCUT2D eigenvalue weighted by atomic mass is 35.5. The normalized spacial score (nSPS) is 19.9. The molecule has 0 radical (unpaired) electrons. The van der Waals surface area contributed by atoms with Crippen LogP contribution in [0, 0.1) is 0 Å². The molecule has 1 aliphatic rings. The van der Waals surface area contributed by atoms with Crippen LogP contribution in [0.5, 0.6) is 0 Å². The standard InChI is InChI=1S/C20H25ClN8O3/c1-12-16(31)25-14(10-13-6-3-2-4-7-13)17(32)29(11-15(22)30)9-5-8-23-19-26-18(21)27-20(24-12)28-19/h2-4,6-7,12,14H,5,8-11H2,1H3,(H2,22,30)(H,25,31)(H2,23,24,26,27,28)/t12-,14-/m1/s1. The van der Waals surface area contributed by atoms with E-state index < -0.39 is 23.9 Å². The first-order chi connectivity index (χ1) is 15.3. The quantitative estimate of drug-likeness (QED) is 0.503. The SMILES string of the molecule is C[C@H]1Nc2nc(Cl)nc(n2)NCCCN(CC(N)=O)C(=O)[C@@H](Cc2ccccc2)NC1=O. The topological polar surface area (TPSA) is 155 Å². The van der Waals surface area contributed by atoms with Gasteiger partial charge in [0, 0.05) is 19.5 Å². The maximum Gasteiger partial charge on any atom is 0.245 e. The van der Waals surface area contributed by atoms with Crippen LogP contribution < -0.4 is 21.7 Å². The van der Waals surface area contributed by atoms with Crippen LogP contribution in [0.2, 0.25) is 5.28 Å². The van der Waals surface area contributed by atoms with Crippen molar-refractivity contribution >= 4 is 41.2 Å². The summed E-state index contributed by atoms with van der Waals surface area (Å²) >= 11 is 5.96. The molecule has 0 spiro atoms.